The molecule has 3 aliphatic rings. The zero-order valence-corrected chi connectivity index (χ0v) is 15.3. The number of hydrogen-bond donors (Lipinski definition) is 2. The van der Waals surface area contributed by atoms with Crippen molar-refractivity contribution in [1.29, 1.82) is 0 Å². The highest BCUT2D eigenvalue weighted by molar-refractivity contribution is 5.50. The van der Waals surface area contributed by atoms with Crippen molar-refractivity contribution in [2.24, 2.45) is 0 Å². The lowest BCUT2D eigenvalue weighted by molar-refractivity contribution is 0.199. The van der Waals surface area contributed by atoms with Crippen LogP contribution in [0.2, 0.25) is 0 Å². The Labute approximate surface area is 154 Å². The molecule has 1 aromatic carbocycles. The summed E-state index contributed by atoms with van der Waals surface area (Å²) in [5, 5.41) is 13.3. The lowest BCUT2D eigenvalue weighted by Crippen LogP contribution is -2.31. The van der Waals surface area contributed by atoms with Crippen LogP contribution in [0.4, 0.5) is 11.8 Å². The van der Waals surface area contributed by atoms with Crippen LogP contribution in [0.1, 0.15) is 67.0 Å². The van der Waals surface area contributed by atoms with E-state index in [9.17, 15) is 5.11 Å². The zero-order chi connectivity index (χ0) is 17.7. The van der Waals surface area contributed by atoms with E-state index in [0.717, 1.165) is 36.8 Å². The first kappa shape index (κ1) is 16.1. The van der Waals surface area contributed by atoms with E-state index in [-0.39, 0.29) is 0 Å². The van der Waals surface area contributed by atoms with Crippen LogP contribution in [-0.2, 0) is 13.0 Å². The second-order valence-corrected chi connectivity index (χ2v) is 8.04. The minimum atomic E-state index is -0.405. The summed E-state index contributed by atoms with van der Waals surface area (Å²) in [6.07, 6.45) is 5.56. The van der Waals surface area contributed by atoms with Gasteiger partial charge in [-0.05, 0) is 55.7 Å². The number of benzene rings is 1. The summed E-state index contributed by atoms with van der Waals surface area (Å²) < 4.78 is 0. The molecule has 26 heavy (non-hydrogen) atoms. The van der Waals surface area contributed by atoms with Crippen molar-refractivity contribution in [3.8, 4) is 0 Å². The summed E-state index contributed by atoms with van der Waals surface area (Å²) in [6.45, 7) is 3.66. The molecule has 5 rings (SSSR count). The van der Waals surface area contributed by atoms with Gasteiger partial charge >= 0.3 is 0 Å². The van der Waals surface area contributed by atoms with Gasteiger partial charge in [0, 0.05) is 31.1 Å². The Hall–Kier alpha value is -2.14. The van der Waals surface area contributed by atoms with Gasteiger partial charge in [0.15, 0.2) is 0 Å². The molecule has 136 valence electrons. The van der Waals surface area contributed by atoms with Crippen LogP contribution in [0, 0.1) is 0 Å². The van der Waals surface area contributed by atoms with Crippen LogP contribution < -0.4 is 10.2 Å². The van der Waals surface area contributed by atoms with Crippen LogP contribution in [-0.4, -0.2) is 27.7 Å². The Morgan fingerprint density at radius 3 is 2.69 bits per heavy atom. The van der Waals surface area contributed by atoms with E-state index < -0.39 is 6.10 Å². The Morgan fingerprint density at radius 2 is 1.96 bits per heavy atom. The minimum absolute atomic E-state index is 0.405. The van der Waals surface area contributed by atoms with Crippen molar-refractivity contribution in [2.45, 2.75) is 63.6 Å². The fourth-order valence-electron chi connectivity index (χ4n) is 3.71. The zero-order valence-electron chi connectivity index (χ0n) is 15.3. The van der Waals surface area contributed by atoms with Gasteiger partial charge in [-0.2, -0.15) is 4.98 Å². The minimum Gasteiger partial charge on any atom is -0.389 e. The van der Waals surface area contributed by atoms with Crippen molar-refractivity contribution < 1.29 is 5.11 Å². The average molecular weight is 350 g/mol. The number of aliphatic hydroxyl groups excluding tert-OH is 1. The molecule has 0 spiro atoms. The quantitative estimate of drug-likeness (QED) is 0.864. The maximum absolute atomic E-state index is 9.82. The molecular weight excluding hydrogens is 324 g/mol. The second kappa shape index (κ2) is 6.23. The van der Waals surface area contributed by atoms with Crippen LogP contribution >= 0.6 is 0 Å². The maximum atomic E-state index is 9.82. The third-order valence-corrected chi connectivity index (χ3v) is 5.69. The standard InChI is InChI=1S/C21H26N4O/c1-13(26)15-4-5-17-12-25(9-8-16(17)10-15)20-11-19(14-2-3-14)23-21(24-20)22-18-6-7-18/h4-5,10-11,13-14,18,26H,2-3,6-9,12H2,1H3,(H,22,23,24)/t13-/m0/s1. The SMILES string of the molecule is C[C@H](O)c1ccc2c(c1)CCN(c1cc(C3CC3)nc(NC3CC3)n1)C2. The number of anilines is 2. The molecule has 2 aromatic rings. The van der Waals surface area contributed by atoms with Gasteiger partial charge in [0.05, 0.1) is 11.8 Å². The van der Waals surface area contributed by atoms with Gasteiger partial charge in [0.2, 0.25) is 5.95 Å². The van der Waals surface area contributed by atoms with Crippen molar-refractivity contribution >= 4 is 11.8 Å². The second-order valence-electron chi connectivity index (χ2n) is 8.04. The largest absolute Gasteiger partial charge is 0.389 e. The van der Waals surface area contributed by atoms with Gasteiger partial charge in [0.25, 0.3) is 0 Å². The van der Waals surface area contributed by atoms with Crippen LogP contribution in [0.15, 0.2) is 24.3 Å². The number of nitrogens with one attached hydrogen (secondary N) is 1. The van der Waals surface area contributed by atoms with E-state index >= 15 is 0 Å². The highest BCUT2D eigenvalue weighted by Crippen LogP contribution is 2.41. The molecule has 1 atom stereocenters. The number of hydrogen-bond acceptors (Lipinski definition) is 5. The lowest BCUT2D eigenvalue weighted by atomic mass is 9.96. The third kappa shape index (κ3) is 3.28. The van der Waals surface area contributed by atoms with Gasteiger partial charge in [-0.1, -0.05) is 18.2 Å². The first-order valence-electron chi connectivity index (χ1n) is 9.86. The van der Waals surface area contributed by atoms with E-state index in [4.69, 9.17) is 9.97 Å². The first-order valence-corrected chi connectivity index (χ1v) is 9.86. The van der Waals surface area contributed by atoms with Crippen molar-refractivity contribution in [2.75, 3.05) is 16.8 Å². The predicted molar refractivity (Wildman–Crippen MR) is 102 cm³/mol. The molecule has 2 saturated carbocycles. The fourth-order valence-corrected chi connectivity index (χ4v) is 3.71. The number of aliphatic hydroxyl groups is 1. The lowest BCUT2D eigenvalue weighted by Gasteiger charge is -2.30. The topological polar surface area (TPSA) is 61.3 Å². The average Bonchev–Trinajstić information content (AvgIpc) is 3.54. The molecule has 1 aliphatic heterocycles. The maximum Gasteiger partial charge on any atom is 0.225 e. The predicted octanol–water partition coefficient (Wildman–Crippen LogP) is 3.54. The van der Waals surface area contributed by atoms with Crippen molar-refractivity contribution in [3.63, 3.8) is 0 Å². The van der Waals surface area contributed by atoms with E-state index in [1.165, 1.54) is 42.5 Å². The molecule has 5 heteroatoms. The van der Waals surface area contributed by atoms with Crippen molar-refractivity contribution in [1.82, 2.24) is 9.97 Å². The Morgan fingerprint density at radius 1 is 1.12 bits per heavy atom. The normalized spacial score (nSPS) is 20.6. The molecule has 0 bridgehead atoms. The van der Waals surface area contributed by atoms with E-state index in [1.54, 1.807) is 0 Å². The van der Waals surface area contributed by atoms with E-state index in [1.807, 2.05) is 13.0 Å². The molecular formula is C21H26N4O. The summed E-state index contributed by atoms with van der Waals surface area (Å²) in [5.41, 5.74) is 4.90. The fraction of sp³-hybridized carbons (Fsp3) is 0.524. The van der Waals surface area contributed by atoms with Gasteiger partial charge in [-0.15, -0.1) is 0 Å². The highest BCUT2D eigenvalue weighted by atomic mass is 16.3. The van der Waals surface area contributed by atoms with Gasteiger partial charge in [-0.25, -0.2) is 4.98 Å². The molecule has 0 amide bonds. The number of fused-ring (bicyclic) bond motifs is 1. The van der Waals surface area contributed by atoms with E-state index in [0.29, 0.717) is 12.0 Å². The summed E-state index contributed by atoms with van der Waals surface area (Å²) in [7, 11) is 0. The van der Waals surface area contributed by atoms with Crippen molar-refractivity contribution in [3.05, 3.63) is 46.6 Å². The Bertz CT molecular complexity index is 827. The molecule has 2 heterocycles. The summed E-state index contributed by atoms with van der Waals surface area (Å²) in [6, 6.07) is 9.13. The number of aromatic nitrogens is 2. The van der Waals surface area contributed by atoms with Crippen LogP contribution in [0.25, 0.3) is 0 Å². The van der Waals surface area contributed by atoms with Gasteiger partial charge < -0.3 is 15.3 Å². The highest BCUT2D eigenvalue weighted by Gasteiger charge is 2.29. The Balaban J connectivity index is 1.41. The molecule has 0 radical (unpaired) electrons. The first-order chi connectivity index (χ1) is 12.7. The van der Waals surface area contributed by atoms with Gasteiger partial charge in [-0.3, -0.25) is 0 Å². The van der Waals surface area contributed by atoms with E-state index in [2.05, 4.69) is 28.4 Å². The monoisotopic (exact) mass is 350 g/mol. The third-order valence-electron chi connectivity index (χ3n) is 5.69. The Kier molecular flexibility index (Phi) is 3.85. The molecule has 5 nitrogen and oxygen atoms in total. The summed E-state index contributed by atoms with van der Waals surface area (Å²) in [5.74, 6) is 2.49. The van der Waals surface area contributed by atoms with Crippen LogP contribution in [0.3, 0.4) is 0 Å². The molecule has 2 N–H and O–H groups in total. The molecule has 2 fully saturated rings. The molecule has 0 unspecified atom stereocenters. The van der Waals surface area contributed by atoms with Crippen LogP contribution in [0.5, 0.6) is 0 Å². The van der Waals surface area contributed by atoms with Gasteiger partial charge in [0.1, 0.15) is 5.82 Å². The summed E-state index contributed by atoms with van der Waals surface area (Å²) >= 11 is 0. The molecule has 1 aromatic heterocycles. The number of nitrogens with zero attached hydrogens (tertiary/aromatic N) is 3. The molecule has 2 aliphatic carbocycles. The summed E-state index contributed by atoms with van der Waals surface area (Å²) in [4.78, 5) is 12.0. The number of rotatable bonds is 5. The smallest absolute Gasteiger partial charge is 0.225 e. The molecule has 0 saturated heterocycles.